The Kier molecular flexibility index (Phi) is 11.9. The van der Waals surface area contributed by atoms with Gasteiger partial charge in [0.1, 0.15) is 12.5 Å². The molecule has 0 saturated carbocycles. The van der Waals surface area contributed by atoms with Gasteiger partial charge in [-0.05, 0) is 49.7 Å². The molecular weight excluding hydrogens is 416 g/mol. The van der Waals surface area contributed by atoms with Crippen LogP contribution in [0.15, 0.2) is 36.4 Å². The molecule has 8 heteroatoms. The van der Waals surface area contributed by atoms with Gasteiger partial charge in [-0.3, -0.25) is 4.79 Å². The molecular formula is C23H33ClN4O3. The molecule has 0 bridgehead atoms. The predicted molar refractivity (Wildman–Crippen MR) is 130 cm³/mol. The normalized spacial score (nSPS) is 12.5. The highest BCUT2D eigenvalue weighted by atomic mass is 35.5. The quantitative estimate of drug-likeness (QED) is 0.652. The lowest BCUT2D eigenvalue weighted by Gasteiger charge is -2.34. The third kappa shape index (κ3) is 8.02. The number of aryl methyl sites for hydroxylation is 1. The summed E-state index contributed by atoms with van der Waals surface area (Å²) in [6.07, 6.45) is 0.921. The molecule has 1 aliphatic heterocycles. The van der Waals surface area contributed by atoms with Crippen molar-refractivity contribution in [2.24, 2.45) is 0 Å². The molecule has 3 rings (SSSR count). The van der Waals surface area contributed by atoms with E-state index < -0.39 is 0 Å². The Morgan fingerprint density at radius 1 is 1.13 bits per heavy atom. The summed E-state index contributed by atoms with van der Waals surface area (Å²) >= 11 is 5.99. The van der Waals surface area contributed by atoms with Gasteiger partial charge >= 0.3 is 0 Å². The molecule has 0 radical (unpaired) electrons. The second-order valence-corrected chi connectivity index (χ2v) is 7.16. The SMILES string of the molecule is C=O.CCNc1ccc(NC)c(OC)c1.Cc1cc(N2CCN(C=O)CC2)ccc1Cl. The van der Waals surface area contributed by atoms with Crippen molar-refractivity contribution in [3.05, 3.63) is 47.0 Å². The summed E-state index contributed by atoms with van der Waals surface area (Å²) in [6, 6.07) is 12.1. The van der Waals surface area contributed by atoms with Crippen LogP contribution >= 0.6 is 11.6 Å². The summed E-state index contributed by atoms with van der Waals surface area (Å²) < 4.78 is 5.22. The maximum absolute atomic E-state index is 10.6. The second kappa shape index (κ2) is 14.1. The van der Waals surface area contributed by atoms with Crippen molar-refractivity contribution in [3.63, 3.8) is 0 Å². The molecule has 170 valence electrons. The van der Waals surface area contributed by atoms with E-state index in [9.17, 15) is 4.79 Å². The second-order valence-electron chi connectivity index (χ2n) is 6.76. The van der Waals surface area contributed by atoms with Gasteiger partial charge in [0.05, 0.1) is 12.8 Å². The fourth-order valence-corrected chi connectivity index (χ4v) is 3.24. The van der Waals surface area contributed by atoms with Gasteiger partial charge in [0.25, 0.3) is 0 Å². The molecule has 1 heterocycles. The van der Waals surface area contributed by atoms with Gasteiger partial charge in [-0.2, -0.15) is 0 Å². The van der Waals surface area contributed by atoms with Gasteiger partial charge < -0.3 is 30.0 Å². The summed E-state index contributed by atoms with van der Waals surface area (Å²) in [7, 11) is 3.55. The first kappa shape index (κ1) is 26.1. The summed E-state index contributed by atoms with van der Waals surface area (Å²) in [5.74, 6) is 0.862. The van der Waals surface area contributed by atoms with Crippen LogP contribution in [0.5, 0.6) is 5.75 Å². The maximum atomic E-state index is 10.6. The van der Waals surface area contributed by atoms with Crippen molar-refractivity contribution in [1.29, 1.82) is 0 Å². The van der Waals surface area contributed by atoms with E-state index in [0.717, 1.165) is 66.8 Å². The van der Waals surface area contributed by atoms with E-state index in [0.29, 0.717) is 0 Å². The molecule has 31 heavy (non-hydrogen) atoms. The summed E-state index contributed by atoms with van der Waals surface area (Å²) in [5, 5.41) is 7.09. The van der Waals surface area contributed by atoms with Gasteiger partial charge in [-0.15, -0.1) is 0 Å². The van der Waals surface area contributed by atoms with Gasteiger partial charge in [0, 0.05) is 62.2 Å². The highest BCUT2D eigenvalue weighted by Crippen LogP contribution is 2.27. The zero-order valence-corrected chi connectivity index (χ0v) is 19.5. The van der Waals surface area contributed by atoms with Gasteiger partial charge in [0.2, 0.25) is 6.41 Å². The fraction of sp³-hybridized carbons (Fsp3) is 0.391. The number of hydrogen-bond donors (Lipinski definition) is 2. The first-order chi connectivity index (χ1) is 15.0. The van der Waals surface area contributed by atoms with Crippen molar-refractivity contribution in [2.45, 2.75) is 13.8 Å². The maximum Gasteiger partial charge on any atom is 0.209 e. The van der Waals surface area contributed by atoms with Crippen LogP contribution in [0.3, 0.4) is 0 Å². The van der Waals surface area contributed by atoms with E-state index in [1.54, 1.807) is 12.0 Å². The lowest BCUT2D eigenvalue weighted by atomic mass is 10.2. The van der Waals surface area contributed by atoms with E-state index in [-0.39, 0.29) is 0 Å². The lowest BCUT2D eigenvalue weighted by molar-refractivity contribution is -0.118. The zero-order chi connectivity index (χ0) is 23.2. The molecule has 2 aromatic carbocycles. The van der Waals surface area contributed by atoms with Gasteiger partial charge in [-0.25, -0.2) is 0 Å². The topological polar surface area (TPSA) is 73.9 Å². The predicted octanol–water partition coefficient (Wildman–Crippen LogP) is 3.91. The van der Waals surface area contributed by atoms with Crippen molar-refractivity contribution in [1.82, 2.24) is 4.90 Å². The molecule has 7 nitrogen and oxygen atoms in total. The minimum atomic E-state index is 0.797. The Labute approximate surface area is 190 Å². The number of nitrogens with one attached hydrogen (secondary N) is 2. The van der Waals surface area contributed by atoms with Gasteiger partial charge in [0.15, 0.2) is 0 Å². The molecule has 0 spiro atoms. The Balaban J connectivity index is 0.000000293. The number of benzene rings is 2. The first-order valence-corrected chi connectivity index (χ1v) is 10.5. The molecule has 2 N–H and O–H groups in total. The van der Waals surface area contributed by atoms with Gasteiger partial charge in [-0.1, -0.05) is 11.6 Å². The largest absolute Gasteiger partial charge is 0.495 e. The smallest absolute Gasteiger partial charge is 0.209 e. The minimum Gasteiger partial charge on any atom is -0.495 e. The van der Waals surface area contributed by atoms with Crippen LogP contribution in [0.2, 0.25) is 5.02 Å². The number of amides is 1. The Morgan fingerprint density at radius 3 is 2.32 bits per heavy atom. The fourth-order valence-electron chi connectivity index (χ4n) is 3.12. The molecule has 1 saturated heterocycles. The van der Waals surface area contributed by atoms with Crippen molar-refractivity contribution >= 4 is 41.9 Å². The standard InChI is InChI=1S/C12H15ClN2O.C10H16N2O.CH2O/c1-10-8-11(2-3-12(10)13)15-6-4-14(9-16)5-7-15;1-4-12-8-5-6-9(11-2)10(7-8)13-3;1-2/h2-3,8-9H,4-7H2,1H3;5-7,11-12H,4H2,1-3H3;1H2. The molecule has 1 aliphatic rings. The number of halogens is 1. The average molecular weight is 449 g/mol. The number of ether oxygens (including phenoxy) is 1. The third-order valence-corrected chi connectivity index (χ3v) is 5.25. The Morgan fingerprint density at radius 2 is 1.81 bits per heavy atom. The van der Waals surface area contributed by atoms with Crippen LogP contribution in [0.1, 0.15) is 12.5 Å². The molecule has 0 atom stereocenters. The Bertz CT molecular complexity index is 811. The Hall–Kier alpha value is -2.93. The molecule has 1 fully saturated rings. The monoisotopic (exact) mass is 448 g/mol. The number of nitrogens with zero attached hydrogens (tertiary/aromatic N) is 2. The van der Waals surface area contributed by atoms with E-state index in [1.807, 2.05) is 51.1 Å². The highest BCUT2D eigenvalue weighted by molar-refractivity contribution is 6.31. The number of carbonyl (C=O) groups is 2. The van der Waals surface area contributed by atoms with Crippen LogP contribution in [0.25, 0.3) is 0 Å². The summed E-state index contributed by atoms with van der Waals surface area (Å²) in [5.41, 5.74) is 4.37. The summed E-state index contributed by atoms with van der Waals surface area (Å²) in [6.45, 7) is 10.4. The van der Waals surface area contributed by atoms with Crippen LogP contribution in [-0.2, 0) is 9.59 Å². The van der Waals surface area contributed by atoms with Crippen molar-refractivity contribution in [2.75, 3.05) is 62.4 Å². The van der Waals surface area contributed by atoms with Crippen molar-refractivity contribution < 1.29 is 14.3 Å². The number of methoxy groups -OCH3 is 1. The number of rotatable bonds is 6. The number of carbonyl (C=O) groups excluding carboxylic acids is 2. The van der Waals surface area contributed by atoms with Crippen LogP contribution in [0.4, 0.5) is 17.1 Å². The van der Waals surface area contributed by atoms with Crippen molar-refractivity contribution in [3.8, 4) is 5.75 Å². The number of hydrogen-bond acceptors (Lipinski definition) is 6. The number of piperazine rings is 1. The molecule has 0 aromatic heterocycles. The molecule has 0 unspecified atom stereocenters. The van der Waals surface area contributed by atoms with E-state index in [2.05, 4.69) is 28.5 Å². The molecule has 0 aliphatic carbocycles. The van der Waals surface area contributed by atoms with E-state index in [1.165, 1.54) is 5.69 Å². The zero-order valence-electron chi connectivity index (χ0n) is 18.8. The van der Waals surface area contributed by atoms with Crippen LogP contribution in [-0.4, -0.2) is 65.0 Å². The number of anilines is 3. The molecule has 1 amide bonds. The summed E-state index contributed by atoms with van der Waals surface area (Å²) in [4.78, 5) is 22.7. The lowest BCUT2D eigenvalue weighted by Crippen LogP contribution is -2.45. The van der Waals surface area contributed by atoms with E-state index in [4.69, 9.17) is 21.1 Å². The minimum absolute atomic E-state index is 0.797. The van der Waals surface area contributed by atoms with Crippen LogP contribution < -0.4 is 20.3 Å². The molecule has 2 aromatic rings. The van der Waals surface area contributed by atoms with E-state index >= 15 is 0 Å². The average Bonchev–Trinajstić information content (AvgIpc) is 2.82. The third-order valence-electron chi connectivity index (χ3n) is 4.82. The highest BCUT2D eigenvalue weighted by Gasteiger charge is 2.15. The van der Waals surface area contributed by atoms with Crippen LogP contribution in [0, 0.1) is 6.92 Å². The first-order valence-electron chi connectivity index (χ1n) is 10.1.